The maximum Gasteiger partial charge on any atom is 0.147 e. The van der Waals surface area contributed by atoms with Crippen LogP contribution in [0.5, 0.6) is 5.75 Å². The van der Waals surface area contributed by atoms with Crippen molar-refractivity contribution >= 4 is 21.4 Å². The maximum atomic E-state index is 11.2. The van der Waals surface area contributed by atoms with E-state index in [-0.39, 0.29) is 12.4 Å². The lowest BCUT2D eigenvalue weighted by Crippen LogP contribution is -2.15. The SMILES string of the molecule is Cc1cc(OCCCS(C)(=O)=O)c2c(c1-c1ccc(Cl)c(CO)c1)CC2. The molecule has 0 fully saturated rings. The van der Waals surface area contributed by atoms with Crippen LogP contribution in [0.25, 0.3) is 11.1 Å². The molecule has 0 saturated heterocycles. The van der Waals surface area contributed by atoms with E-state index in [2.05, 4.69) is 0 Å². The number of fused-ring (bicyclic) bond motifs is 1. The minimum Gasteiger partial charge on any atom is -0.493 e. The molecule has 0 bridgehead atoms. The molecule has 0 unspecified atom stereocenters. The molecule has 26 heavy (non-hydrogen) atoms. The van der Waals surface area contributed by atoms with Crippen molar-refractivity contribution in [1.29, 1.82) is 0 Å². The van der Waals surface area contributed by atoms with Crippen molar-refractivity contribution in [2.24, 2.45) is 0 Å². The third kappa shape index (κ3) is 4.05. The third-order valence-corrected chi connectivity index (χ3v) is 6.15. The zero-order chi connectivity index (χ0) is 18.9. The first-order valence-corrected chi connectivity index (χ1v) is 11.1. The van der Waals surface area contributed by atoms with Crippen LogP contribution in [0, 0.1) is 6.92 Å². The van der Waals surface area contributed by atoms with Gasteiger partial charge in [-0.2, -0.15) is 0 Å². The summed E-state index contributed by atoms with van der Waals surface area (Å²) in [6, 6.07) is 7.77. The number of hydrogen-bond donors (Lipinski definition) is 1. The topological polar surface area (TPSA) is 63.6 Å². The summed E-state index contributed by atoms with van der Waals surface area (Å²) in [5, 5.41) is 10.0. The minimum atomic E-state index is -2.96. The molecule has 0 radical (unpaired) electrons. The number of benzene rings is 2. The second-order valence-electron chi connectivity index (χ2n) is 6.82. The average molecular weight is 395 g/mol. The molecule has 1 aliphatic rings. The molecule has 0 atom stereocenters. The van der Waals surface area contributed by atoms with Gasteiger partial charge in [-0.1, -0.05) is 17.7 Å². The summed E-state index contributed by atoms with van der Waals surface area (Å²) in [4.78, 5) is 0. The van der Waals surface area contributed by atoms with Gasteiger partial charge >= 0.3 is 0 Å². The van der Waals surface area contributed by atoms with E-state index in [0.717, 1.165) is 35.3 Å². The molecule has 2 aromatic carbocycles. The molecule has 1 aliphatic carbocycles. The lowest BCUT2D eigenvalue weighted by molar-refractivity contribution is 0.282. The van der Waals surface area contributed by atoms with Crippen LogP contribution >= 0.6 is 11.6 Å². The number of aliphatic hydroxyl groups excluding tert-OH is 1. The van der Waals surface area contributed by atoms with E-state index >= 15 is 0 Å². The standard InChI is InChI=1S/C20H23ClO4S/c1-13-10-19(25-8-3-9-26(2,23)24)16-5-6-17(16)20(13)14-4-7-18(21)15(11-14)12-22/h4,7,10-11,22H,3,5-6,8-9,12H2,1-2H3. The first-order valence-electron chi connectivity index (χ1n) is 8.65. The van der Waals surface area contributed by atoms with E-state index in [0.29, 0.717) is 18.1 Å². The van der Waals surface area contributed by atoms with Gasteiger partial charge in [0.1, 0.15) is 15.6 Å². The summed E-state index contributed by atoms with van der Waals surface area (Å²) >= 11 is 6.11. The summed E-state index contributed by atoms with van der Waals surface area (Å²) in [5.41, 5.74) is 6.53. The molecule has 2 aromatic rings. The van der Waals surface area contributed by atoms with Gasteiger partial charge in [0.25, 0.3) is 0 Å². The van der Waals surface area contributed by atoms with Gasteiger partial charge in [-0.3, -0.25) is 0 Å². The molecule has 0 aromatic heterocycles. The van der Waals surface area contributed by atoms with Gasteiger partial charge in [0, 0.05) is 11.3 Å². The second kappa shape index (κ2) is 7.59. The van der Waals surface area contributed by atoms with Crippen LogP contribution in [-0.2, 0) is 29.3 Å². The fourth-order valence-corrected chi connectivity index (χ4v) is 4.22. The zero-order valence-electron chi connectivity index (χ0n) is 15.0. The summed E-state index contributed by atoms with van der Waals surface area (Å²) in [5.74, 6) is 0.999. The maximum absolute atomic E-state index is 11.2. The van der Waals surface area contributed by atoms with E-state index in [9.17, 15) is 13.5 Å². The van der Waals surface area contributed by atoms with Gasteiger partial charge in [0.05, 0.1) is 19.0 Å². The Morgan fingerprint density at radius 1 is 1.19 bits per heavy atom. The Kier molecular flexibility index (Phi) is 5.61. The lowest BCUT2D eigenvalue weighted by Gasteiger charge is -2.28. The van der Waals surface area contributed by atoms with Crippen molar-refractivity contribution in [1.82, 2.24) is 0 Å². The summed E-state index contributed by atoms with van der Waals surface area (Å²) in [7, 11) is -2.96. The Hall–Kier alpha value is -1.56. The van der Waals surface area contributed by atoms with E-state index in [1.165, 1.54) is 22.9 Å². The van der Waals surface area contributed by atoms with E-state index in [4.69, 9.17) is 16.3 Å². The zero-order valence-corrected chi connectivity index (χ0v) is 16.6. The summed E-state index contributed by atoms with van der Waals surface area (Å²) in [6.07, 6.45) is 3.68. The van der Waals surface area contributed by atoms with Crippen LogP contribution in [0.15, 0.2) is 24.3 Å². The number of aliphatic hydroxyl groups is 1. The molecule has 0 saturated carbocycles. The highest BCUT2D eigenvalue weighted by atomic mass is 35.5. The largest absolute Gasteiger partial charge is 0.493 e. The van der Waals surface area contributed by atoms with Crippen molar-refractivity contribution in [3.8, 4) is 16.9 Å². The van der Waals surface area contributed by atoms with Crippen molar-refractivity contribution in [2.75, 3.05) is 18.6 Å². The Bertz CT molecular complexity index is 935. The number of aryl methyl sites for hydroxylation is 1. The molecule has 140 valence electrons. The number of rotatable bonds is 7. The second-order valence-corrected chi connectivity index (χ2v) is 9.49. The molecule has 0 spiro atoms. The molecular formula is C20H23ClO4S. The monoisotopic (exact) mass is 394 g/mol. The number of hydrogen-bond acceptors (Lipinski definition) is 4. The van der Waals surface area contributed by atoms with Crippen LogP contribution in [0.4, 0.5) is 0 Å². The fourth-order valence-electron chi connectivity index (χ4n) is 3.40. The molecule has 1 N–H and O–H groups in total. The average Bonchev–Trinajstić information content (AvgIpc) is 2.54. The van der Waals surface area contributed by atoms with Crippen molar-refractivity contribution < 1.29 is 18.3 Å². The predicted molar refractivity (Wildman–Crippen MR) is 105 cm³/mol. The van der Waals surface area contributed by atoms with Gasteiger partial charge in [-0.15, -0.1) is 0 Å². The normalized spacial score (nSPS) is 13.2. The highest BCUT2D eigenvalue weighted by Gasteiger charge is 2.25. The van der Waals surface area contributed by atoms with Gasteiger partial charge in [0.15, 0.2) is 0 Å². The Labute approximate surface area is 159 Å². The number of sulfone groups is 1. The minimum absolute atomic E-state index is 0.0879. The van der Waals surface area contributed by atoms with Crippen LogP contribution in [0.2, 0.25) is 5.02 Å². The molecule has 0 heterocycles. The molecule has 6 heteroatoms. The predicted octanol–water partition coefficient (Wildman–Crippen LogP) is 3.72. The van der Waals surface area contributed by atoms with E-state index in [1.54, 1.807) is 0 Å². The molecule has 0 aliphatic heterocycles. The van der Waals surface area contributed by atoms with Crippen LogP contribution in [-0.4, -0.2) is 32.1 Å². The van der Waals surface area contributed by atoms with Crippen LogP contribution in [0.3, 0.4) is 0 Å². The molecular weight excluding hydrogens is 372 g/mol. The van der Waals surface area contributed by atoms with E-state index in [1.807, 2.05) is 31.2 Å². The van der Waals surface area contributed by atoms with Gasteiger partial charge in [-0.25, -0.2) is 8.42 Å². The Morgan fingerprint density at radius 3 is 2.54 bits per heavy atom. The molecule has 0 amide bonds. The Balaban J connectivity index is 1.86. The summed E-state index contributed by atoms with van der Waals surface area (Å²) < 4.78 is 28.3. The first kappa shape index (κ1) is 19.2. The highest BCUT2D eigenvalue weighted by molar-refractivity contribution is 7.90. The van der Waals surface area contributed by atoms with Crippen molar-refractivity contribution in [2.45, 2.75) is 32.8 Å². The lowest BCUT2D eigenvalue weighted by atomic mass is 9.79. The van der Waals surface area contributed by atoms with Crippen LogP contribution < -0.4 is 4.74 Å². The van der Waals surface area contributed by atoms with Gasteiger partial charge < -0.3 is 9.84 Å². The number of halogens is 1. The van der Waals surface area contributed by atoms with E-state index < -0.39 is 9.84 Å². The highest BCUT2D eigenvalue weighted by Crippen LogP contribution is 2.42. The van der Waals surface area contributed by atoms with Gasteiger partial charge in [-0.05, 0) is 77.8 Å². The van der Waals surface area contributed by atoms with Crippen molar-refractivity contribution in [3.63, 3.8) is 0 Å². The Morgan fingerprint density at radius 2 is 1.92 bits per heavy atom. The first-order chi connectivity index (χ1) is 12.3. The fraction of sp³-hybridized carbons (Fsp3) is 0.400. The molecule has 4 nitrogen and oxygen atoms in total. The van der Waals surface area contributed by atoms with Crippen LogP contribution in [0.1, 0.15) is 28.7 Å². The number of ether oxygens (including phenoxy) is 1. The smallest absolute Gasteiger partial charge is 0.147 e. The summed E-state index contributed by atoms with van der Waals surface area (Å²) in [6.45, 7) is 2.36. The third-order valence-electron chi connectivity index (χ3n) is 4.75. The quantitative estimate of drug-likeness (QED) is 0.727. The van der Waals surface area contributed by atoms with Crippen molar-refractivity contribution in [3.05, 3.63) is 51.5 Å². The van der Waals surface area contributed by atoms with Gasteiger partial charge in [0.2, 0.25) is 0 Å². The molecule has 3 rings (SSSR count).